The Morgan fingerprint density at radius 2 is 1.90 bits per heavy atom. The summed E-state index contributed by atoms with van der Waals surface area (Å²) in [5, 5.41) is 11.0. The minimum absolute atomic E-state index is 0.0681. The van der Waals surface area contributed by atoms with E-state index in [1.165, 1.54) is 6.20 Å². The maximum absolute atomic E-state index is 13.4. The standard InChI is InChI=1S/C13H8F2N2O3/c14-8-1-2-11(15)10(4-8)12(18)17-9-3-7(13(19)20)5-16-6-9/h1-6H,(H,17,18)(H,19,20). The van der Waals surface area contributed by atoms with Crippen LogP contribution in [0.25, 0.3) is 0 Å². The first-order chi connectivity index (χ1) is 9.47. The predicted octanol–water partition coefficient (Wildman–Crippen LogP) is 2.31. The van der Waals surface area contributed by atoms with Gasteiger partial charge in [-0.15, -0.1) is 0 Å². The molecule has 0 radical (unpaired) electrons. The molecule has 102 valence electrons. The van der Waals surface area contributed by atoms with Crippen molar-refractivity contribution in [3.63, 3.8) is 0 Å². The number of hydrogen-bond acceptors (Lipinski definition) is 3. The molecule has 0 bridgehead atoms. The normalized spacial score (nSPS) is 10.1. The van der Waals surface area contributed by atoms with Crippen LogP contribution in [-0.4, -0.2) is 22.0 Å². The maximum atomic E-state index is 13.4. The molecule has 1 aromatic carbocycles. The summed E-state index contributed by atoms with van der Waals surface area (Å²) in [7, 11) is 0. The Kier molecular flexibility index (Phi) is 3.69. The molecule has 0 spiro atoms. The Bertz CT molecular complexity index is 689. The second-order valence-electron chi connectivity index (χ2n) is 3.85. The average Bonchev–Trinajstić information content (AvgIpc) is 2.41. The lowest BCUT2D eigenvalue weighted by Crippen LogP contribution is -2.14. The second-order valence-corrected chi connectivity index (χ2v) is 3.85. The van der Waals surface area contributed by atoms with E-state index in [0.29, 0.717) is 0 Å². The molecule has 0 saturated carbocycles. The molecule has 0 atom stereocenters. The number of aromatic nitrogens is 1. The van der Waals surface area contributed by atoms with Crippen molar-refractivity contribution in [2.24, 2.45) is 0 Å². The van der Waals surface area contributed by atoms with Crippen molar-refractivity contribution in [3.8, 4) is 0 Å². The fourth-order valence-electron chi connectivity index (χ4n) is 1.50. The molecule has 0 aliphatic rings. The van der Waals surface area contributed by atoms with E-state index < -0.39 is 29.1 Å². The fraction of sp³-hybridized carbons (Fsp3) is 0. The summed E-state index contributed by atoms with van der Waals surface area (Å²) in [6.07, 6.45) is 2.29. The smallest absolute Gasteiger partial charge is 0.337 e. The molecule has 0 unspecified atom stereocenters. The van der Waals surface area contributed by atoms with Crippen LogP contribution in [0.15, 0.2) is 36.7 Å². The lowest BCUT2D eigenvalue weighted by molar-refractivity contribution is 0.0696. The van der Waals surface area contributed by atoms with E-state index in [9.17, 15) is 18.4 Å². The summed E-state index contributed by atoms with van der Waals surface area (Å²) in [6.45, 7) is 0. The monoisotopic (exact) mass is 278 g/mol. The first-order valence-corrected chi connectivity index (χ1v) is 5.42. The van der Waals surface area contributed by atoms with Crippen molar-refractivity contribution in [1.29, 1.82) is 0 Å². The van der Waals surface area contributed by atoms with E-state index >= 15 is 0 Å². The number of carbonyl (C=O) groups is 2. The van der Waals surface area contributed by atoms with Gasteiger partial charge in [0.25, 0.3) is 5.91 Å². The van der Waals surface area contributed by atoms with Crippen LogP contribution in [0.5, 0.6) is 0 Å². The molecule has 0 aliphatic carbocycles. The quantitative estimate of drug-likeness (QED) is 0.903. The van der Waals surface area contributed by atoms with Gasteiger partial charge in [0.1, 0.15) is 11.6 Å². The number of amides is 1. The number of carbonyl (C=O) groups excluding carboxylic acids is 1. The highest BCUT2D eigenvalue weighted by molar-refractivity contribution is 6.04. The Morgan fingerprint density at radius 1 is 1.15 bits per heavy atom. The van der Waals surface area contributed by atoms with Crippen LogP contribution in [0.3, 0.4) is 0 Å². The van der Waals surface area contributed by atoms with Crippen LogP contribution in [0, 0.1) is 11.6 Å². The van der Waals surface area contributed by atoms with Crippen molar-refractivity contribution in [3.05, 3.63) is 59.4 Å². The van der Waals surface area contributed by atoms with Gasteiger partial charge in [-0.25, -0.2) is 13.6 Å². The molecule has 0 fully saturated rings. The van der Waals surface area contributed by atoms with E-state index in [-0.39, 0.29) is 11.3 Å². The van der Waals surface area contributed by atoms with Gasteiger partial charge in [-0.2, -0.15) is 0 Å². The van der Waals surface area contributed by atoms with Crippen molar-refractivity contribution in [2.75, 3.05) is 5.32 Å². The second kappa shape index (κ2) is 5.43. The SMILES string of the molecule is O=C(O)c1cncc(NC(=O)c2cc(F)ccc2F)c1. The number of nitrogens with one attached hydrogen (secondary N) is 1. The van der Waals surface area contributed by atoms with Crippen LogP contribution in [-0.2, 0) is 0 Å². The molecule has 2 aromatic rings. The number of halogens is 2. The van der Waals surface area contributed by atoms with E-state index in [2.05, 4.69) is 10.3 Å². The fourth-order valence-corrected chi connectivity index (χ4v) is 1.50. The molecule has 7 heteroatoms. The maximum Gasteiger partial charge on any atom is 0.337 e. The highest BCUT2D eigenvalue weighted by atomic mass is 19.1. The van der Waals surface area contributed by atoms with Gasteiger partial charge >= 0.3 is 5.97 Å². The Balaban J connectivity index is 2.25. The number of carboxylic acids is 1. The van der Waals surface area contributed by atoms with E-state index in [1.54, 1.807) is 0 Å². The number of carboxylic acid groups (broad SMARTS) is 1. The zero-order valence-corrected chi connectivity index (χ0v) is 9.93. The Hall–Kier alpha value is -2.83. The van der Waals surface area contributed by atoms with Gasteiger partial charge in [0.05, 0.1) is 23.0 Å². The topological polar surface area (TPSA) is 79.3 Å². The highest BCUT2D eigenvalue weighted by Gasteiger charge is 2.14. The highest BCUT2D eigenvalue weighted by Crippen LogP contribution is 2.14. The number of nitrogens with zero attached hydrogens (tertiary/aromatic N) is 1. The molecule has 1 heterocycles. The van der Waals surface area contributed by atoms with E-state index in [0.717, 1.165) is 30.5 Å². The molecule has 1 amide bonds. The minimum Gasteiger partial charge on any atom is -0.478 e. The molecule has 2 N–H and O–H groups in total. The molecule has 5 nitrogen and oxygen atoms in total. The average molecular weight is 278 g/mol. The summed E-state index contributed by atoms with van der Waals surface area (Å²) in [6, 6.07) is 3.62. The Labute approximate surface area is 111 Å². The van der Waals surface area contributed by atoms with Crippen LogP contribution in [0.4, 0.5) is 14.5 Å². The van der Waals surface area contributed by atoms with Crippen LogP contribution >= 0.6 is 0 Å². The lowest BCUT2D eigenvalue weighted by Gasteiger charge is -2.06. The molecular formula is C13H8F2N2O3. The Morgan fingerprint density at radius 3 is 2.60 bits per heavy atom. The van der Waals surface area contributed by atoms with E-state index in [1.807, 2.05) is 0 Å². The summed E-state index contributed by atoms with van der Waals surface area (Å²) in [5.41, 5.74) is -0.549. The molecule has 0 saturated heterocycles. The van der Waals surface area contributed by atoms with Crippen LogP contribution in [0.2, 0.25) is 0 Å². The molecule has 20 heavy (non-hydrogen) atoms. The number of pyridine rings is 1. The number of anilines is 1. The predicted molar refractivity (Wildman–Crippen MR) is 65.5 cm³/mol. The number of hydrogen-bond donors (Lipinski definition) is 2. The largest absolute Gasteiger partial charge is 0.478 e. The van der Waals surface area contributed by atoms with Crippen molar-refractivity contribution in [1.82, 2.24) is 4.98 Å². The number of rotatable bonds is 3. The molecular weight excluding hydrogens is 270 g/mol. The van der Waals surface area contributed by atoms with Crippen LogP contribution < -0.4 is 5.32 Å². The summed E-state index contributed by atoms with van der Waals surface area (Å²) >= 11 is 0. The van der Waals surface area contributed by atoms with Gasteiger partial charge in [-0.3, -0.25) is 9.78 Å². The van der Waals surface area contributed by atoms with Gasteiger partial charge in [-0.1, -0.05) is 0 Å². The van der Waals surface area contributed by atoms with Crippen LogP contribution in [0.1, 0.15) is 20.7 Å². The van der Waals surface area contributed by atoms with Gasteiger partial charge in [0, 0.05) is 6.20 Å². The summed E-state index contributed by atoms with van der Waals surface area (Å²) < 4.78 is 26.4. The summed E-state index contributed by atoms with van der Waals surface area (Å²) in [4.78, 5) is 26.1. The molecule has 0 aliphatic heterocycles. The lowest BCUT2D eigenvalue weighted by atomic mass is 10.2. The van der Waals surface area contributed by atoms with Crippen molar-refractivity contribution >= 4 is 17.6 Å². The third-order valence-corrected chi connectivity index (χ3v) is 2.42. The molecule has 1 aromatic heterocycles. The van der Waals surface area contributed by atoms with Crippen molar-refractivity contribution in [2.45, 2.75) is 0 Å². The zero-order valence-electron chi connectivity index (χ0n) is 9.93. The van der Waals surface area contributed by atoms with Gasteiger partial charge < -0.3 is 10.4 Å². The zero-order chi connectivity index (χ0) is 14.7. The van der Waals surface area contributed by atoms with Gasteiger partial charge in [-0.05, 0) is 24.3 Å². The first-order valence-electron chi connectivity index (χ1n) is 5.42. The van der Waals surface area contributed by atoms with Gasteiger partial charge in [0.2, 0.25) is 0 Å². The summed E-state index contributed by atoms with van der Waals surface area (Å²) in [5.74, 6) is -3.75. The van der Waals surface area contributed by atoms with Crippen molar-refractivity contribution < 1.29 is 23.5 Å². The third kappa shape index (κ3) is 2.94. The minimum atomic E-state index is -1.22. The van der Waals surface area contributed by atoms with Gasteiger partial charge in [0.15, 0.2) is 0 Å². The third-order valence-electron chi connectivity index (χ3n) is 2.42. The number of benzene rings is 1. The molecule has 2 rings (SSSR count). The first kappa shape index (κ1) is 13.6. The van der Waals surface area contributed by atoms with E-state index in [4.69, 9.17) is 5.11 Å². The number of aromatic carboxylic acids is 1.